The topological polar surface area (TPSA) is 72.8 Å². The minimum Gasteiger partial charge on any atom is -0.493 e. The van der Waals surface area contributed by atoms with Crippen LogP contribution in [-0.4, -0.2) is 30.4 Å². The van der Waals surface area contributed by atoms with Crippen LogP contribution < -0.4 is 10.2 Å². The number of hydrogen-bond acceptors (Lipinski definition) is 7. The molecule has 2 aromatic rings. The van der Waals surface area contributed by atoms with E-state index in [1.165, 1.54) is 11.3 Å². The summed E-state index contributed by atoms with van der Waals surface area (Å²) in [5, 5.41) is 6.67. The molecule has 2 rings (SSSR count). The summed E-state index contributed by atoms with van der Waals surface area (Å²) in [6, 6.07) is 4.05. The molecule has 134 valence electrons. The third-order valence-corrected chi connectivity index (χ3v) is 4.12. The van der Waals surface area contributed by atoms with Crippen LogP contribution in [0, 0.1) is 13.8 Å². The summed E-state index contributed by atoms with van der Waals surface area (Å²) in [5.74, 6) is 0.652. The Bertz CT molecular complexity index is 733. The van der Waals surface area contributed by atoms with E-state index in [-0.39, 0.29) is 12.4 Å². The SMILES string of the molecule is CCOC(=O)Cc1csc(NN=Cc2cc(C)c(OCC)c(C)c2)n1. The summed E-state index contributed by atoms with van der Waals surface area (Å²) in [6.07, 6.45) is 1.91. The zero-order valence-corrected chi connectivity index (χ0v) is 15.8. The van der Waals surface area contributed by atoms with Crippen molar-refractivity contribution < 1.29 is 14.3 Å². The summed E-state index contributed by atoms with van der Waals surface area (Å²) >= 11 is 1.40. The average molecular weight is 361 g/mol. The van der Waals surface area contributed by atoms with Crippen LogP contribution in [0.4, 0.5) is 5.13 Å². The Morgan fingerprint density at radius 1 is 1.28 bits per heavy atom. The number of aryl methyl sites for hydroxylation is 2. The number of benzene rings is 1. The molecule has 1 heterocycles. The van der Waals surface area contributed by atoms with Gasteiger partial charge in [0, 0.05) is 5.38 Å². The molecule has 0 aliphatic carbocycles. The van der Waals surface area contributed by atoms with Gasteiger partial charge in [-0.3, -0.25) is 10.2 Å². The van der Waals surface area contributed by atoms with Crippen molar-refractivity contribution in [2.24, 2.45) is 5.10 Å². The zero-order valence-electron chi connectivity index (χ0n) is 15.0. The second-order valence-electron chi connectivity index (χ2n) is 5.41. The number of thiazole rings is 1. The summed E-state index contributed by atoms with van der Waals surface area (Å²) < 4.78 is 10.6. The maximum Gasteiger partial charge on any atom is 0.311 e. The van der Waals surface area contributed by atoms with Crippen LogP contribution in [0.3, 0.4) is 0 Å². The van der Waals surface area contributed by atoms with Gasteiger partial charge in [0.15, 0.2) is 0 Å². The predicted molar refractivity (Wildman–Crippen MR) is 101 cm³/mol. The number of rotatable bonds is 8. The number of nitrogens with one attached hydrogen (secondary N) is 1. The fraction of sp³-hybridized carbons (Fsp3) is 0.389. The Balaban J connectivity index is 1.97. The Hall–Kier alpha value is -2.41. The highest BCUT2D eigenvalue weighted by Gasteiger charge is 2.08. The van der Waals surface area contributed by atoms with Crippen molar-refractivity contribution in [3.8, 4) is 5.75 Å². The van der Waals surface area contributed by atoms with Crippen LogP contribution in [0.25, 0.3) is 0 Å². The van der Waals surface area contributed by atoms with Crippen molar-refractivity contribution >= 4 is 28.7 Å². The number of hydrazone groups is 1. The number of esters is 1. The number of anilines is 1. The van der Waals surface area contributed by atoms with Crippen molar-refractivity contribution in [2.75, 3.05) is 18.6 Å². The van der Waals surface area contributed by atoms with Crippen molar-refractivity contribution in [2.45, 2.75) is 34.1 Å². The highest BCUT2D eigenvalue weighted by Crippen LogP contribution is 2.24. The fourth-order valence-electron chi connectivity index (χ4n) is 2.39. The van der Waals surface area contributed by atoms with Crippen LogP contribution in [0.5, 0.6) is 5.75 Å². The van der Waals surface area contributed by atoms with E-state index in [0.29, 0.717) is 24.0 Å². The van der Waals surface area contributed by atoms with Gasteiger partial charge in [-0.05, 0) is 56.5 Å². The summed E-state index contributed by atoms with van der Waals surface area (Å²) in [4.78, 5) is 15.8. The minimum atomic E-state index is -0.275. The molecule has 0 radical (unpaired) electrons. The maximum atomic E-state index is 11.4. The Morgan fingerprint density at radius 3 is 2.64 bits per heavy atom. The largest absolute Gasteiger partial charge is 0.493 e. The number of aromatic nitrogens is 1. The third kappa shape index (κ3) is 5.56. The second-order valence-corrected chi connectivity index (χ2v) is 6.27. The standard InChI is InChI=1S/C18H23N3O3S/c1-5-23-16(22)9-15-11-25-18(20-15)21-19-10-14-7-12(3)17(24-6-2)13(4)8-14/h7-8,10-11H,5-6,9H2,1-4H3,(H,20,21). The first-order valence-electron chi connectivity index (χ1n) is 8.16. The lowest BCUT2D eigenvalue weighted by Crippen LogP contribution is -2.07. The van der Waals surface area contributed by atoms with Crippen LogP contribution in [0.1, 0.15) is 36.2 Å². The van der Waals surface area contributed by atoms with Gasteiger partial charge in [0.25, 0.3) is 0 Å². The van der Waals surface area contributed by atoms with Crippen molar-refractivity contribution in [3.05, 3.63) is 39.9 Å². The number of hydrogen-bond donors (Lipinski definition) is 1. The van der Waals surface area contributed by atoms with E-state index in [0.717, 1.165) is 22.4 Å². The smallest absolute Gasteiger partial charge is 0.311 e. The normalized spacial score (nSPS) is 10.9. The van der Waals surface area contributed by atoms with Gasteiger partial charge in [-0.1, -0.05) is 0 Å². The van der Waals surface area contributed by atoms with Gasteiger partial charge in [-0.25, -0.2) is 4.98 Å². The highest BCUT2D eigenvalue weighted by molar-refractivity contribution is 7.13. The van der Waals surface area contributed by atoms with Crippen molar-refractivity contribution in [1.29, 1.82) is 0 Å². The lowest BCUT2D eigenvalue weighted by Gasteiger charge is -2.11. The number of carbonyl (C=O) groups is 1. The molecule has 0 atom stereocenters. The van der Waals surface area contributed by atoms with Gasteiger partial charge < -0.3 is 9.47 Å². The molecule has 0 saturated carbocycles. The first-order valence-corrected chi connectivity index (χ1v) is 9.04. The Kier molecular flexibility index (Phi) is 6.94. The lowest BCUT2D eigenvalue weighted by molar-refractivity contribution is -0.142. The summed E-state index contributed by atoms with van der Waals surface area (Å²) in [6.45, 7) is 8.82. The molecule has 0 aliphatic rings. The fourth-order valence-corrected chi connectivity index (χ4v) is 3.05. The maximum absolute atomic E-state index is 11.4. The highest BCUT2D eigenvalue weighted by atomic mass is 32.1. The lowest BCUT2D eigenvalue weighted by atomic mass is 10.1. The van der Waals surface area contributed by atoms with Gasteiger partial charge in [-0.15, -0.1) is 11.3 Å². The molecule has 1 aromatic heterocycles. The van der Waals surface area contributed by atoms with E-state index in [1.54, 1.807) is 13.1 Å². The van der Waals surface area contributed by atoms with Crippen molar-refractivity contribution in [1.82, 2.24) is 4.98 Å². The first kappa shape index (κ1) is 18.9. The molecule has 0 bridgehead atoms. The van der Waals surface area contributed by atoms with E-state index in [2.05, 4.69) is 15.5 Å². The minimum absolute atomic E-state index is 0.174. The summed E-state index contributed by atoms with van der Waals surface area (Å²) in [5.41, 5.74) is 6.70. The molecule has 1 aromatic carbocycles. The van der Waals surface area contributed by atoms with Gasteiger partial charge in [0.05, 0.1) is 31.5 Å². The van der Waals surface area contributed by atoms with Gasteiger partial charge in [-0.2, -0.15) is 5.10 Å². The molecule has 0 fully saturated rings. The van der Waals surface area contributed by atoms with Crippen LogP contribution in [-0.2, 0) is 16.0 Å². The molecule has 25 heavy (non-hydrogen) atoms. The average Bonchev–Trinajstić information content (AvgIpc) is 2.98. The summed E-state index contributed by atoms with van der Waals surface area (Å²) in [7, 11) is 0. The van der Waals surface area contributed by atoms with Crippen LogP contribution in [0.2, 0.25) is 0 Å². The zero-order chi connectivity index (χ0) is 18.2. The van der Waals surface area contributed by atoms with Gasteiger partial charge in [0.1, 0.15) is 5.75 Å². The number of ether oxygens (including phenoxy) is 2. The van der Waals surface area contributed by atoms with Crippen LogP contribution >= 0.6 is 11.3 Å². The predicted octanol–water partition coefficient (Wildman–Crippen LogP) is 3.71. The number of carbonyl (C=O) groups excluding carboxylic acids is 1. The van der Waals surface area contributed by atoms with Crippen molar-refractivity contribution in [3.63, 3.8) is 0 Å². The van der Waals surface area contributed by atoms with E-state index in [1.807, 2.05) is 38.3 Å². The molecular weight excluding hydrogens is 338 g/mol. The van der Waals surface area contributed by atoms with E-state index >= 15 is 0 Å². The Morgan fingerprint density at radius 2 is 2.00 bits per heavy atom. The Labute approximate surface area is 151 Å². The van der Waals surface area contributed by atoms with E-state index in [9.17, 15) is 4.79 Å². The quantitative estimate of drug-likeness (QED) is 0.441. The number of nitrogens with zero attached hydrogens (tertiary/aromatic N) is 2. The molecule has 6 nitrogen and oxygen atoms in total. The molecule has 1 N–H and O–H groups in total. The molecule has 7 heteroatoms. The van der Waals surface area contributed by atoms with E-state index < -0.39 is 0 Å². The molecule has 0 spiro atoms. The van der Waals surface area contributed by atoms with E-state index in [4.69, 9.17) is 9.47 Å². The first-order chi connectivity index (χ1) is 12.0. The monoisotopic (exact) mass is 361 g/mol. The van der Waals surface area contributed by atoms with Crippen LogP contribution in [0.15, 0.2) is 22.6 Å². The molecule has 0 aliphatic heterocycles. The molecular formula is C18H23N3O3S. The molecule has 0 amide bonds. The van der Waals surface area contributed by atoms with Gasteiger partial charge in [0.2, 0.25) is 5.13 Å². The molecule has 0 unspecified atom stereocenters. The molecule has 0 saturated heterocycles. The second kappa shape index (κ2) is 9.17. The van der Waals surface area contributed by atoms with Gasteiger partial charge >= 0.3 is 5.97 Å². The third-order valence-electron chi connectivity index (χ3n) is 3.33.